The van der Waals surface area contributed by atoms with Gasteiger partial charge in [-0.15, -0.1) is 0 Å². The molecule has 0 heterocycles. The monoisotopic (exact) mass is 382 g/mol. The van der Waals surface area contributed by atoms with Gasteiger partial charge >= 0.3 is 101 Å². The first-order valence-electron chi connectivity index (χ1n) is 1.07. The molecular weight excluding hydrogens is 381 g/mol. The molecule has 6 heavy (non-hydrogen) atoms. The van der Waals surface area contributed by atoms with E-state index in [9.17, 15) is 0 Å². The zero-order valence-electron chi connectivity index (χ0n) is 2.22. The fraction of sp³-hybridized carbons (Fsp3) is 0. The molecule has 0 aromatic heterocycles. The average molecular weight is 383 g/mol. The predicted octanol–water partition coefficient (Wildman–Crippen LogP) is 2.11. The Hall–Kier alpha value is 3.73. The molecule has 0 radical (unpaired) electrons. The van der Waals surface area contributed by atoms with Crippen LogP contribution in [0.4, 0.5) is 0 Å². The first-order chi connectivity index (χ1) is 2.00. The molecule has 0 rings (SSSR count). The molecule has 0 fully saturated rings. The van der Waals surface area contributed by atoms with Crippen LogP contribution in [0.25, 0.3) is 0 Å². The minimum atomic E-state index is -3.50. The Bertz CT molecular complexity index is 23.0. The van der Waals surface area contributed by atoms with Gasteiger partial charge in [-0.3, -0.25) is 0 Å². The molecule has 32 valence electrons. The summed E-state index contributed by atoms with van der Waals surface area (Å²) in [5.74, 6) is 0. The van der Waals surface area contributed by atoms with Crippen molar-refractivity contribution in [3.8, 4) is 0 Å². The van der Waals surface area contributed by atoms with Gasteiger partial charge in [0.25, 0.3) is 0 Å². The second kappa shape index (κ2) is 5.51. The van der Waals surface area contributed by atoms with Gasteiger partial charge in [0, 0.05) is 0 Å². The van der Waals surface area contributed by atoms with E-state index < -0.39 is 16.5 Å². The summed E-state index contributed by atoms with van der Waals surface area (Å²) in [6.07, 6.45) is 0. The van der Waals surface area contributed by atoms with Crippen molar-refractivity contribution in [3.05, 3.63) is 0 Å². The molecule has 0 bridgehead atoms. The summed E-state index contributed by atoms with van der Waals surface area (Å²) in [5.41, 5.74) is 0. The van der Waals surface area contributed by atoms with Crippen molar-refractivity contribution in [2.75, 3.05) is 0 Å². The third-order valence-corrected chi connectivity index (χ3v) is 0. The van der Waals surface area contributed by atoms with E-state index in [-0.39, 0.29) is 51.4 Å². The summed E-state index contributed by atoms with van der Waals surface area (Å²) < 4.78 is 0. The Morgan fingerprint density at radius 3 is 0.833 bits per heavy atom. The Balaban J connectivity index is 0. The molecule has 0 aliphatic carbocycles. The van der Waals surface area contributed by atoms with Crippen LogP contribution >= 0.6 is 33.0 Å². The molecule has 0 aromatic carbocycles. The Morgan fingerprint density at radius 2 is 0.833 bits per heavy atom. The zero-order valence-corrected chi connectivity index (χ0v) is 10.7. The first-order valence-corrected chi connectivity index (χ1v) is 28.1. The molecule has 0 saturated carbocycles. The average Bonchev–Trinajstić information content (AvgIpc) is 0.722. The second-order valence-electron chi connectivity index (χ2n) is 0.606. The summed E-state index contributed by atoms with van der Waals surface area (Å²) in [5, 5.41) is 0. The number of halogens is 4. The molecule has 0 N–H and O–H groups in total. The van der Waals surface area contributed by atoms with Crippen molar-refractivity contribution in [2.45, 2.75) is 0 Å². The molecule has 0 saturated heterocycles. The quantitative estimate of drug-likeness (QED) is 0.563. The van der Waals surface area contributed by atoms with E-state index >= 15 is 0 Å². The van der Waals surface area contributed by atoms with Gasteiger partial charge < -0.3 is 0 Å². The Labute approximate surface area is 97.8 Å². The molecule has 6 heteroatoms. The zero-order chi connectivity index (χ0) is 4.50. The van der Waals surface area contributed by atoms with Crippen LogP contribution in [0.3, 0.4) is 0 Å². The van der Waals surface area contributed by atoms with E-state index in [2.05, 4.69) is 0 Å². The van der Waals surface area contributed by atoms with E-state index in [1.165, 1.54) is 0 Å². The Kier molecular flexibility index (Phi) is 11.4. The molecule has 0 spiro atoms. The number of hydrogen-bond donors (Lipinski definition) is 0. The van der Waals surface area contributed by atoms with Crippen LogP contribution in [0.2, 0.25) is 0 Å². The molecule has 0 unspecified atom stereocenters. The van der Waals surface area contributed by atoms with Gasteiger partial charge in [-0.1, -0.05) is 0 Å². The van der Waals surface area contributed by atoms with Crippen molar-refractivity contribution in [3.63, 3.8) is 0 Å². The molecule has 0 nitrogen and oxygen atoms in total. The van der Waals surface area contributed by atoms with Crippen LogP contribution in [0.5, 0.6) is 0 Å². The Morgan fingerprint density at radius 1 is 0.833 bits per heavy atom. The van der Waals surface area contributed by atoms with E-state index in [0.717, 1.165) is 0 Å². The van der Waals surface area contributed by atoms with Crippen LogP contribution in [0.1, 0.15) is 0 Å². The topological polar surface area (TPSA) is 0 Å². The van der Waals surface area contributed by atoms with Crippen LogP contribution < -0.4 is 0 Å². The van der Waals surface area contributed by atoms with Crippen LogP contribution in [0, 0.1) is 0 Å². The van der Waals surface area contributed by atoms with Crippen LogP contribution in [0.15, 0.2) is 0 Å². The molecule has 0 atom stereocenters. The second-order valence-corrected chi connectivity index (χ2v) is 47.9. The summed E-state index contributed by atoms with van der Waals surface area (Å²) in [6, 6.07) is 0. The van der Waals surface area contributed by atoms with Crippen LogP contribution in [-0.2, 0) is 16.5 Å². The van der Waals surface area contributed by atoms with Crippen LogP contribution in [-0.4, -0.2) is 51.4 Å². The van der Waals surface area contributed by atoms with E-state index in [4.69, 9.17) is 33.0 Å². The molecule has 0 aromatic rings. The molecule has 0 aliphatic rings. The van der Waals surface area contributed by atoms with Crippen molar-refractivity contribution in [2.24, 2.45) is 0 Å². The summed E-state index contributed by atoms with van der Waals surface area (Å²) in [4.78, 5) is 0. The van der Waals surface area contributed by atoms with Gasteiger partial charge in [0.1, 0.15) is 0 Å². The van der Waals surface area contributed by atoms with Crippen molar-refractivity contribution >= 4 is 84.4 Å². The first kappa shape index (κ1) is 12.4. The molecular formula is HCl4HgK. The van der Waals surface area contributed by atoms with E-state index in [0.29, 0.717) is 0 Å². The minimum absolute atomic E-state index is 0. The summed E-state index contributed by atoms with van der Waals surface area (Å²) in [6.45, 7) is 0. The predicted molar refractivity (Wildman–Crippen MR) is 30.6 cm³/mol. The molecule has 0 aliphatic heterocycles. The fourth-order valence-corrected chi connectivity index (χ4v) is 0. The van der Waals surface area contributed by atoms with Crippen molar-refractivity contribution in [1.29, 1.82) is 0 Å². The van der Waals surface area contributed by atoms with Gasteiger partial charge in [0.05, 0.1) is 0 Å². The molecule has 0 amide bonds. The van der Waals surface area contributed by atoms with E-state index in [1.54, 1.807) is 0 Å². The summed E-state index contributed by atoms with van der Waals surface area (Å²) in [7, 11) is 20.2. The number of rotatable bonds is 0. The third kappa shape index (κ3) is 25.2. The normalized spacial score (nSPS) is 7.33. The van der Waals surface area contributed by atoms with E-state index in [1.807, 2.05) is 0 Å². The van der Waals surface area contributed by atoms with Gasteiger partial charge in [0.15, 0.2) is 0 Å². The standard InChI is InChI=1S/4ClH.Hg.K.H/h4*1H;;;/q;;;;+4;;/p-4. The van der Waals surface area contributed by atoms with Crippen molar-refractivity contribution in [1.82, 2.24) is 0 Å². The maximum atomic E-state index is 5.06. The van der Waals surface area contributed by atoms with Crippen molar-refractivity contribution < 1.29 is 16.5 Å². The van der Waals surface area contributed by atoms with Gasteiger partial charge in [-0.05, 0) is 0 Å². The van der Waals surface area contributed by atoms with Gasteiger partial charge in [-0.2, -0.15) is 0 Å². The fourth-order valence-electron chi connectivity index (χ4n) is 0. The number of hydrogen-bond acceptors (Lipinski definition) is 0. The third-order valence-electron chi connectivity index (χ3n) is 0. The van der Waals surface area contributed by atoms with Gasteiger partial charge in [0.2, 0.25) is 0 Å². The summed E-state index contributed by atoms with van der Waals surface area (Å²) >= 11 is -3.50. The SMILES string of the molecule is [Cl][Hg]([Cl])([Cl])[Cl].[KH]. The van der Waals surface area contributed by atoms with Gasteiger partial charge in [-0.25, -0.2) is 0 Å². The maximum absolute atomic E-state index is 5.06.